The molecule has 202 valence electrons. The SMILES string of the molecule is CC(CC1CCCCC1)C(=O)N1CCC(CN2Cc3c(C(=O)N(C)C)cccc3C2=O)C2(CCCC2)C1. The minimum Gasteiger partial charge on any atom is -0.345 e. The van der Waals surface area contributed by atoms with Crippen LogP contribution in [-0.4, -0.2) is 66.2 Å². The number of nitrogens with zero attached hydrogens (tertiary/aromatic N) is 3. The molecule has 6 heteroatoms. The zero-order valence-electron chi connectivity index (χ0n) is 23.1. The van der Waals surface area contributed by atoms with Gasteiger partial charge in [-0.15, -0.1) is 0 Å². The lowest BCUT2D eigenvalue weighted by Crippen LogP contribution is -2.53. The summed E-state index contributed by atoms with van der Waals surface area (Å²) in [5.41, 5.74) is 2.31. The Morgan fingerprint density at radius 2 is 1.78 bits per heavy atom. The number of amides is 3. The fourth-order valence-corrected chi connectivity index (χ4v) is 7.91. The number of rotatable bonds is 6. The number of hydrogen-bond donors (Lipinski definition) is 0. The Labute approximate surface area is 222 Å². The van der Waals surface area contributed by atoms with Crippen molar-refractivity contribution in [3.05, 3.63) is 34.9 Å². The zero-order chi connectivity index (χ0) is 26.2. The molecule has 0 N–H and O–H groups in total. The molecule has 2 saturated carbocycles. The average molecular weight is 508 g/mol. The van der Waals surface area contributed by atoms with Crippen LogP contribution in [0.2, 0.25) is 0 Å². The fourth-order valence-electron chi connectivity index (χ4n) is 7.91. The van der Waals surface area contributed by atoms with E-state index >= 15 is 0 Å². The van der Waals surface area contributed by atoms with Crippen molar-refractivity contribution in [1.82, 2.24) is 14.7 Å². The zero-order valence-corrected chi connectivity index (χ0v) is 23.1. The number of likely N-dealkylation sites (tertiary alicyclic amines) is 1. The van der Waals surface area contributed by atoms with E-state index in [-0.39, 0.29) is 23.1 Å². The van der Waals surface area contributed by atoms with Gasteiger partial charge in [-0.25, -0.2) is 0 Å². The summed E-state index contributed by atoms with van der Waals surface area (Å²) >= 11 is 0. The van der Waals surface area contributed by atoms with E-state index in [0.717, 1.165) is 56.8 Å². The molecule has 1 saturated heterocycles. The van der Waals surface area contributed by atoms with Crippen LogP contribution in [-0.2, 0) is 11.3 Å². The van der Waals surface area contributed by atoms with Gasteiger partial charge in [0, 0.05) is 57.3 Å². The third kappa shape index (κ3) is 5.18. The van der Waals surface area contributed by atoms with Gasteiger partial charge in [0.05, 0.1) is 0 Å². The molecule has 6 nitrogen and oxygen atoms in total. The molecule has 37 heavy (non-hydrogen) atoms. The van der Waals surface area contributed by atoms with E-state index in [1.807, 2.05) is 23.1 Å². The van der Waals surface area contributed by atoms with Gasteiger partial charge in [0.2, 0.25) is 5.91 Å². The number of carbonyl (C=O) groups excluding carboxylic acids is 3. The lowest BCUT2D eigenvalue weighted by Gasteiger charge is -2.48. The number of fused-ring (bicyclic) bond motifs is 1. The van der Waals surface area contributed by atoms with E-state index in [9.17, 15) is 14.4 Å². The second-order valence-corrected chi connectivity index (χ2v) is 12.7. The van der Waals surface area contributed by atoms with Crippen LogP contribution < -0.4 is 0 Å². The van der Waals surface area contributed by atoms with Crippen LogP contribution in [0.3, 0.4) is 0 Å². The second-order valence-electron chi connectivity index (χ2n) is 12.7. The van der Waals surface area contributed by atoms with Gasteiger partial charge < -0.3 is 14.7 Å². The van der Waals surface area contributed by atoms with Crippen molar-refractivity contribution in [2.75, 3.05) is 33.7 Å². The highest BCUT2D eigenvalue weighted by atomic mass is 16.2. The highest BCUT2D eigenvalue weighted by Crippen LogP contribution is 2.49. The molecule has 0 radical (unpaired) electrons. The van der Waals surface area contributed by atoms with Gasteiger partial charge >= 0.3 is 0 Å². The summed E-state index contributed by atoms with van der Waals surface area (Å²) < 4.78 is 0. The predicted octanol–water partition coefficient (Wildman–Crippen LogP) is 5.36. The average Bonchev–Trinajstić information content (AvgIpc) is 3.49. The third-order valence-corrected chi connectivity index (χ3v) is 9.98. The molecule has 1 aromatic carbocycles. The number of piperidine rings is 1. The predicted molar refractivity (Wildman–Crippen MR) is 145 cm³/mol. The Balaban J connectivity index is 1.27. The van der Waals surface area contributed by atoms with Crippen LogP contribution >= 0.6 is 0 Å². The van der Waals surface area contributed by atoms with Gasteiger partial charge in [-0.2, -0.15) is 0 Å². The maximum absolute atomic E-state index is 13.5. The maximum atomic E-state index is 13.5. The second kappa shape index (κ2) is 10.8. The molecular weight excluding hydrogens is 462 g/mol. The largest absolute Gasteiger partial charge is 0.345 e. The minimum atomic E-state index is -0.0482. The molecule has 3 fully saturated rings. The van der Waals surface area contributed by atoms with Crippen LogP contribution in [0.5, 0.6) is 0 Å². The van der Waals surface area contributed by atoms with Crippen LogP contribution in [0.1, 0.15) is 104 Å². The first-order valence-electron chi connectivity index (χ1n) is 14.7. The van der Waals surface area contributed by atoms with Crippen molar-refractivity contribution in [1.29, 1.82) is 0 Å². The highest BCUT2D eigenvalue weighted by molar-refractivity contribution is 6.04. The smallest absolute Gasteiger partial charge is 0.254 e. The quantitative estimate of drug-likeness (QED) is 0.521. The van der Waals surface area contributed by atoms with E-state index < -0.39 is 0 Å². The lowest BCUT2D eigenvalue weighted by molar-refractivity contribution is -0.141. The van der Waals surface area contributed by atoms with E-state index in [2.05, 4.69) is 11.8 Å². The molecule has 1 aromatic rings. The number of benzene rings is 1. The molecule has 2 aliphatic carbocycles. The first kappa shape index (κ1) is 26.2. The third-order valence-electron chi connectivity index (χ3n) is 9.98. The maximum Gasteiger partial charge on any atom is 0.254 e. The van der Waals surface area contributed by atoms with Gasteiger partial charge in [0.25, 0.3) is 11.8 Å². The van der Waals surface area contributed by atoms with E-state index in [1.54, 1.807) is 19.0 Å². The first-order valence-corrected chi connectivity index (χ1v) is 14.7. The lowest BCUT2D eigenvalue weighted by atomic mass is 9.69. The molecule has 4 aliphatic rings. The van der Waals surface area contributed by atoms with Crippen molar-refractivity contribution >= 4 is 17.7 Å². The molecule has 1 spiro atoms. The topological polar surface area (TPSA) is 60.9 Å². The van der Waals surface area contributed by atoms with Crippen LogP contribution in [0, 0.1) is 23.2 Å². The Kier molecular flexibility index (Phi) is 7.65. The van der Waals surface area contributed by atoms with Gasteiger partial charge in [0.15, 0.2) is 0 Å². The van der Waals surface area contributed by atoms with Crippen molar-refractivity contribution in [3.8, 4) is 0 Å². The summed E-state index contributed by atoms with van der Waals surface area (Å²) in [7, 11) is 3.51. The van der Waals surface area contributed by atoms with E-state index in [1.165, 1.54) is 44.9 Å². The van der Waals surface area contributed by atoms with Gasteiger partial charge in [-0.3, -0.25) is 14.4 Å². The molecular formula is C31H45N3O3. The summed E-state index contributed by atoms with van der Waals surface area (Å²) in [5, 5.41) is 0. The van der Waals surface area contributed by atoms with Crippen molar-refractivity contribution in [3.63, 3.8) is 0 Å². The van der Waals surface area contributed by atoms with E-state index in [4.69, 9.17) is 0 Å². The number of hydrogen-bond acceptors (Lipinski definition) is 3. The molecule has 0 bridgehead atoms. The molecule has 2 unspecified atom stereocenters. The molecule has 2 atom stereocenters. The van der Waals surface area contributed by atoms with Crippen molar-refractivity contribution in [2.45, 2.75) is 84.1 Å². The monoisotopic (exact) mass is 507 g/mol. The van der Waals surface area contributed by atoms with Gasteiger partial charge in [-0.05, 0) is 60.6 Å². The summed E-state index contributed by atoms with van der Waals surface area (Å²) in [6.45, 7) is 5.04. The van der Waals surface area contributed by atoms with Crippen LogP contribution in [0.15, 0.2) is 18.2 Å². The summed E-state index contributed by atoms with van der Waals surface area (Å²) in [6.07, 6.45) is 13.3. The number of carbonyl (C=O) groups is 3. The Hall–Kier alpha value is -2.37. The standard InChI is InChI=1S/C31H45N3O3/c1-22(18-23-10-5-4-6-11-23)28(35)33-17-14-24(31(21-33)15-7-8-16-31)19-34-20-27-25(29(36)32(2)3)12-9-13-26(27)30(34)37/h9,12-13,22-24H,4-8,10-11,14-21H2,1-3H3. The van der Waals surface area contributed by atoms with Gasteiger partial charge in [-0.1, -0.05) is 57.9 Å². The molecule has 0 aromatic heterocycles. The fraction of sp³-hybridized carbons (Fsp3) is 0.710. The Morgan fingerprint density at radius 3 is 2.49 bits per heavy atom. The van der Waals surface area contributed by atoms with E-state index in [0.29, 0.717) is 29.5 Å². The highest BCUT2D eigenvalue weighted by Gasteiger charge is 2.48. The van der Waals surface area contributed by atoms with Crippen molar-refractivity contribution < 1.29 is 14.4 Å². The molecule has 3 amide bonds. The van der Waals surface area contributed by atoms with Crippen LogP contribution in [0.4, 0.5) is 0 Å². The van der Waals surface area contributed by atoms with Crippen LogP contribution in [0.25, 0.3) is 0 Å². The Bertz CT molecular complexity index is 1020. The first-order chi connectivity index (χ1) is 17.8. The normalized spacial score (nSPS) is 24.4. The summed E-state index contributed by atoms with van der Waals surface area (Å²) in [4.78, 5) is 45.4. The summed E-state index contributed by atoms with van der Waals surface area (Å²) in [6, 6.07) is 5.54. The molecule has 5 rings (SSSR count). The molecule has 2 heterocycles. The molecule has 2 aliphatic heterocycles. The van der Waals surface area contributed by atoms with Gasteiger partial charge in [0.1, 0.15) is 0 Å². The van der Waals surface area contributed by atoms with Crippen molar-refractivity contribution in [2.24, 2.45) is 23.2 Å². The Morgan fingerprint density at radius 1 is 1.05 bits per heavy atom. The summed E-state index contributed by atoms with van der Waals surface area (Å²) in [5.74, 6) is 1.59. The minimum absolute atomic E-state index is 0.0482.